The van der Waals surface area contributed by atoms with E-state index in [0.29, 0.717) is 12.5 Å². The Labute approximate surface area is 118 Å². The van der Waals surface area contributed by atoms with Crippen molar-refractivity contribution in [1.82, 2.24) is 0 Å². The zero-order valence-electron chi connectivity index (χ0n) is 10.9. The molecule has 0 spiro atoms. The maximum absolute atomic E-state index is 5.96. The van der Waals surface area contributed by atoms with Crippen molar-refractivity contribution in [2.24, 2.45) is 0 Å². The summed E-state index contributed by atoms with van der Waals surface area (Å²) in [5.74, 6) is 7.65. The average Bonchev–Trinajstić information content (AvgIpc) is 2.47. The topological polar surface area (TPSA) is 27.7 Å². The van der Waals surface area contributed by atoms with Crippen LogP contribution in [-0.2, 0) is 4.74 Å². The first kappa shape index (κ1) is 14.0. The number of alkyl halides is 1. The summed E-state index contributed by atoms with van der Waals surface area (Å²) in [4.78, 5) is 0. The maximum atomic E-state index is 5.96. The average molecular weight is 281 g/mol. The largest absolute Gasteiger partial charge is 0.497 e. The highest BCUT2D eigenvalue weighted by Crippen LogP contribution is 2.25. The maximum Gasteiger partial charge on any atom is 0.135 e. The second-order valence-electron chi connectivity index (χ2n) is 4.25. The highest BCUT2D eigenvalue weighted by molar-refractivity contribution is 6.19. The van der Waals surface area contributed by atoms with Crippen LogP contribution in [0.15, 0.2) is 18.2 Å². The molecule has 2 rings (SSSR count). The molecule has 3 nitrogen and oxygen atoms in total. The second-order valence-corrected chi connectivity index (χ2v) is 4.52. The Morgan fingerprint density at radius 2 is 2.37 bits per heavy atom. The lowest BCUT2D eigenvalue weighted by Crippen LogP contribution is -2.28. The van der Waals surface area contributed by atoms with Gasteiger partial charge < -0.3 is 14.2 Å². The van der Waals surface area contributed by atoms with Crippen LogP contribution in [0, 0.1) is 11.8 Å². The van der Waals surface area contributed by atoms with Gasteiger partial charge in [0.2, 0.25) is 0 Å². The zero-order valence-corrected chi connectivity index (χ0v) is 11.7. The number of ether oxygens (including phenoxy) is 3. The molecule has 0 aromatic heterocycles. The van der Waals surface area contributed by atoms with Gasteiger partial charge in [0.1, 0.15) is 17.6 Å². The molecule has 0 bridgehead atoms. The van der Waals surface area contributed by atoms with Crippen molar-refractivity contribution in [1.29, 1.82) is 0 Å². The number of methoxy groups -OCH3 is 1. The van der Waals surface area contributed by atoms with E-state index in [9.17, 15) is 0 Å². The quantitative estimate of drug-likeness (QED) is 0.629. The highest BCUT2D eigenvalue weighted by Gasteiger charge is 2.16. The number of benzene rings is 1. The van der Waals surface area contributed by atoms with Crippen molar-refractivity contribution in [2.45, 2.75) is 18.9 Å². The summed E-state index contributed by atoms with van der Waals surface area (Å²) in [6.45, 7) is 1.45. The van der Waals surface area contributed by atoms with Crippen molar-refractivity contribution in [3.8, 4) is 23.3 Å². The molecule has 1 aromatic carbocycles. The third-order valence-electron chi connectivity index (χ3n) is 2.89. The van der Waals surface area contributed by atoms with E-state index < -0.39 is 0 Å². The van der Waals surface area contributed by atoms with E-state index in [4.69, 9.17) is 25.8 Å². The first-order valence-electron chi connectivity index (χ1n) is 6.30. The minimum Gasteiger partial charge on any atom is -0.497 e. The summed E-state index contributed by atoms with van der Waals surface area (Å²) in [6.07, 6.45) is 2.14. The van der Waals surface area contributed by atoms with Gasteiger partial charge in [-0.3, -0.25) is 0 Å². The summed E-state index contributed by atoms with van der Waals surface area (Å²) in [7, 11) is 1.63. The van der Waals surface area contributed by atoms with Crippen molar-refractivity contribution >= 4 is 11.6 Å². The molecule has 1 aliphatic heterocycles. The Bertz CT molecular complexity index is 470. The van der Waals surface area contributed by atoms with Gasteiger partial charge in [0.15, 0.2) is 0 Å². The van der Waals surface area contributed by atoms with E-state index in [2.05, 4.69) is 11.8 Å². The van der Waals surface area contributed by atoms with Gasteiger partial charge in [0.25, 0.3) is 0 Å². The Hall–Kier alpha value is -1.37. The standard InChI is InChI=1S/C15H17ClO3/c1-17-13-6-7-15(12(10-13)4-2-8-16)19-14-5-3-9-18-11-14/h6-7,10,14H,3,5,8-9,11H2,1H3. The summed E-state index contributed by atoms with van der Waals surface area (Å²) in [5, 5.41) is 0. The van der Waals surface area contributed by atoms with E-state index in [0.717, 1.165) is 36.5 Å². The van der Waals surface area contributed by atoms with Crippen LogP contribution in [0.25, 0.3) is 0 Å². The van der Waals surface area contributed by atoms with E-state index in [-0.39, 0.29) is 6.10 Å². The number of hydrogen-bond acceptors (Lipinski definition) is 3. The van der Waals surface area contributed by atoms with E-state index >= 15 is 0 Å². The van der Waals surface area contributed by atoms with Gasteiger partial charge in [-0.2, -0.15) is 0 Å². The third-order valence-corrected chi connectivity index (χ3v) is 3.02. The van der Waals surface area contributed by atoms with E-state index in [1.807, 2.05) is 18.2 Å². The lowest BCUT2D eigenvalue weighted by molar-refractivity contribution is 0.00730. The molecule has 4 heteroatoms. The molecular weight excluding hydrogens is 264 g/mol. The van der Waals surface area contributed by atoms with Gasteiger partial charge in [-0.15, -0.1) is 11.6 Å². The van der Waals surface area contributed by atoms with Crippen molar-refractivity contribution in [3.05, 3.63) is 23.8 Å². The van der Waals surface area contributed by atoms with Gasteiger partial charge in [-0.05, 0) is 31.0 Å². The molecule has 19 heavy (non-hydrogen) atoms. The second kappa shape index (κ2) is 7.28. The van der Waals surface area contributed by atoms with Gasteiger partial charge in [0, 0.05) is 6.61 Å². The highest BCUT2D eigenvalue weighted by atomic mass is 35.5. The number of hydrogen-bond donors (Lipinski definition) is 0. The van der Waals surface area contributed by atoms with Gasteiger partial charge in [0.05, 0.1) is 25.2 Å². The molecule has 1 atom stereocenters. The van der Waals surface area contributed by atoms with E-state index in [1.165, 1.54) is 0 Å². The number of halogens is 1. The van der Waals surface area contributed by atoms with Crippen molar-refractivity contribution in [2.75, 3.05) is 26.2 Å². The Kier molecular flexibility index (Phi) is 5.38. The van der Waals surface area contributed by atoms with Crippen molar-refractivity contribution in [3.63, 3.8) is 0 Å². The molecule has 0 N–H and O–H groups in total. The van der Waals surface area contributed by atoms with Gasteiger partial charge in [-0.1, -0.05) is 11.8 Å². The first-order chi connectivity index (χ1) is 9.33. The van der Waals surface area contributed by atoms with Crippen LogP contribution in [0.2, 0.25) is 0 Å². The minimum absolute atomic E-state index is 0.0960. The molecule has 0 radical (unpaired) electrons. The molecule has 0 amide bonds. The van der Waals surface area contributed by atoms with Crippen LogP contribution in [0.5, 0.6) is 11.5 Å². The first-order valence-corrected chi connectivity index (χ1v) is 6.84. The molecule has 1 fully saturated rings. The molecule has 1 aromatic rings. The van der Waals surface area contributed by atoms with Gasteiger partial charge in [-0.25, -0.2) is 0 Å². The fourth-order valence-corrected chi connectivity index (χ4v) is 2.02. The molecule has 1 saturated heterocycles. The lowest BCUT2D eigenvalue weighted by Gasteiger charge is -2.24. The predicted octanol–water partition coefficient (Wildman–Crippen LogP) is 2.84. The smallest absolute Gasteiger partial charge is 0.135 e. The number of rotatable bonds is 3. The summed E-state index contributed by atoms with van der Waals surface area (Å²) >= 11 is 5.60. The third kappa shape index (κ3) is 4.05. The predicted molar refractivity (Wildman–Crippen MR) is 75.1 cm³/mol. The van der Waals surface area contributed by atoms with Crippen LogP contribution in [0.4, 0.5) is 0 Å². The van der Waals surface area contributed by atoms with E-state index in [1.54, 1.807) is 7.11 Å². The van der Waals surface area contributed by atoms with Crippen molar-refractivity contribution < 1.29 is 14.2 Å². The molecular formula is C15H17ClO3. The fourth-order valence-electron chi connectivity index (χ4n) is 1.95. The summed E-state index contributed by atoms with van der Waals surface area (Å²) in [5.41, 5.74) is 0.797. The van der Waals surface area contributed by atoms with Crippen LogP contribution < -0.4 is 9.47 Å². The fraction of sp³-hybridized carbons (Fsp3) is 0.467. The summed E-state index contributed by atoms with van der Waals surface area (Å²) < 4.78 is 16.6. The van der Waals surface area contributed by atoms with Crippen LogP contribution in [-0.4, -0.2) is 32.3 Å². The summed E-state index contributed by atoms with van der Waals surface area (Å²) in [6, 6.07) is 5.61. The Balaban J connectivity index is 2.17. The molecule has 1 aliphatic rings. The molecule has 102 valence electrons. The monoisotopic (exact) mass is 280 g/mol. The Morgan fingerprint density at radius 1 is 1.47 bits per heavy atom. The normalized spacial score (nSPS) is 18.3. The lowest BCUT2D eigenvalue weighted by atomic mass is 10.1. The zero-order chi connectivity index (χ0) is 13.5. The van der Waals surface area contributed by atoms with Crippen LogP contribution in [0.3, 0.4) is 0 Å². The minimum atomic E-state index is 0.0960. The van der Waals surface area contributed by atoms with Crippen LogP contribution >= 0.6 is 11.6 Å². The van der Waals surface area contributed by atoms with Crippen LogP contribution in [0.1, 0.15) is 18.4 Å². The SMILES string of the molecule is COc1ccc(OC2CCCOC2)c(C#CCCl)c1. The van der Waals surface area contributed by atoms with Gasteiger partial charge >= 0.3 is 0 Å². The molecule has 1 heterocycles. The molecule has 0 saturated carbocycles. The Morgan fingerprint density at radius 3 is 3.05 bits per heavy atom. The molecule has 0 aliphatic carbocycles. The molecule has 1 unspecified atom stereocenters.